The van der Waals surface area contributed by atoms with Gasteiger partial charge in [0, 0.05) is 166 Å². The van der Waals surface area contributed by atoms with E-state index in [1.165, 1.54) is 39.8 Å². The number of hydrogen-bond acceptors (Lipinski definition) is 17. The number of nitro groups is 2. The molecule has 0 unspecified atom stereocenters. The quantitative estimate of drug-likeness (QED) is 0.0194. The maximum atomic E-state index is 11.4. The van der Waals surface area contributed by atoms with Crippen molar-refractivity contribution in [1.29, 1.82) is 0 Å². The van der Waals surface area contributed by atoms with Crippen LogP contribution in [0.5, 0.6) is 0 Å². The second kappa shape index (κ2) is 46.5. The van der Waals surface area contributed by atoms with Crippen LogP contribution in [0.3, 0.4) is 0 Å². The number of anilines is 4. The summed E-state index contributed by atoms with van der Waals surface area (Å²) in [5.41, 5.74) is 22.5. The second-order valence-electron chi connectivity index (χ2n) is 22.8. The number of H-pyrrole nitrogens is 5. The van der Waals surface area contributed by atoms with Crippen LogP contribution in [0.2, 0.25) is 40.2 Å². The molecular formula is C74H67Cl10N13O19Sn. The van der Waals surface area contributed by atoms with Gasteiger partial charge in [-0.2, -0.15) is 0 Å². The van der Waals surface area contributed by atoms with Crippen LogP contribution >= 0.6 is 111 Å². The Morgan fingerprint density at radius 3 is 1.10 bits per heavy atom. The zero-order valence-electron chi connectivity index (χ0n) is 59.6. The van der Waals surface area contributed by atoms with Crippen molar-refractivity contribution in [2.75, 3.05) is 22.1 Å². The first-order valence-corrected chi connectivity index (χ1v) is 41.9. The average Bonchev–Trinajstić information content (AvgIpc) is 1.62. The molecule has 0 aliphatic rings. The number of aliphatic carboxylic acids is 2. The number of aromatic amines is 5. The molecule has 5 aromatic heterocycles. The number of nitrogen functional groups attached to an aromatic ring is 2. The van der Waals surface area contributed by atoms with Crippen molar-refractivity contribution in [3.05, 3.63) is 238 Å². The van der Waals surface area contributed by atoms with Crippen molar-refractivity contribution in [3.63, 3.8) is 0 Å². The predicted octanol–water partition coefficient (Wildman–Crippen LogP) is 22.6. The number of carbonyl (C=O) groups is 6. The van der Waals surface area contributed by atoms with Crippen molar-refractivity contribution in [2.24, 2.45) is 0 Å². The van der Waals surface area contributed by atoms with Gasteiger partial charge in [-0.3, -0.25) is 49.0 Å². The van der Waals surface area contributed by atoms with Gasteiger partial charge in [-0.15, -0.1) is 20.2 Å². The van der Waals surface area contributed by atoms with Crippen LogP contribution in [0.4, 0.5) is 34.1 Å². The molecule has 0 saturated carbocycles. The molecule has 0 bridgehead atoms. The molecule has 0 saturated heterocycles. The Morgan fingerprint density at radius 2 is 0.709 bits per heavy atom. The maximum absolute atomic E-state index is 11.4. The number of nitro benzene ring substituents is 2. The number of halogens is 10. The van der Waals surface area contributed by atoms with Gasteiger partial charge in [-0.25, -0.2) is 0 Å². The summed E-state index contributed by atoms with van der Waals surface area (Å²) in [5, 5.41) is 82.2. The topological polar surface area (TPSA) is 520 Å². The molecule has 43 heteroatoms. The van der Waals surface area contributed by atoms with E-state index in [9.17, 15) is 39.4 Å². The Labute approximate surface area is 718 Å². The Kier molecular flexibility index (Phi) is 39.7. The third kappa shape index (κ3) is 28.8. The van der Waals surface area contributed by atoms with E-state index in [2.05, 4.69) is 40.3 Å². The van der Waals surface area contributed by atoms with Crippen molar-refractivity contribution < 1.29 is 74.2 Å². The van der Waals surface area contributed by atoms with Gasteiger partial charge in [0.15, 0.2) is 0 Å². The van der Waals surface area contributed by atoms with Crippen LogP contribution in [0.25, 0.3) is 109 Å². The summed E-state index contributed by atoms with van der Waals surface area (Å²) in [6.07, 6.45) is 0. The first-order valence-electron chi connectivity index (χ1n) is 31.7. The molecule has 5 heterocycles. The third-order valence-electron chi connectivity index (χ3n) is 14.6. The average molecular weight is 1920 g/mol. The van der Waals surface area contributed by atoms with Crippen LogP contribution in [0.1, 0.15) is 56.4 Å². The summed E-state index contributed by atoms with van der Waals surface area (Å²) < 4.78 is 3.97. The zero-order valence-corrected chi connectivity index (χ0v) is 70.1. The molecule has 0 atom stereocenters. The fourth-order valence-electron chi connectivity index (χ4n) is 10.8. The first kappa shape index (κ1) is 99.9. The number of nitrogens with zero attached hydrogens (tertiary/aromatic N) is 4. The van der Waals surface area contributed by atoms with Gasteiger partial charge in [-0.05, 0) is 133 Å². The van der Waals surface area contributed by atoms with Crippen molar-refractivity contribution in [3.8, 4) is 0 Å². The number of esters is 2. The summed E-state index contributed by atoms with van der Waals surface area (Å²) in [5.74, 6) is -3.28. The van der Waals surface area contributed by atoms with Crippen LogP contribution in [-0.4, -0.2) is 120 Å². The van der Waals surface area contributed by atoms with Gasteiger partial charge >= 0.3 is 48.7 Å². The second-order valence-corrected chi connectivity index (χ2v) is 30.5. The Hall–Kier alpha value is -11.3. The molecule has 0 aliphatic heterocycles. The number of para-hydroxylation sites is 1. The minimum atomic E-state index is -1.50. The van der Waals surface area contributed by atoms with Crippen molar-refractivity contribution in [1.82, 2.24) is 24.9 Å². The molecule has 15 aromatic rings. The monoisotopic (exact) mass is 1910 g/mol. The number of rotatable bonds is 4. The number of carboxylic acid groups (broad SMARTS) is 2. The molecule has 15 rings (SSSR count). The van der Waals surface area contributed by atoms with Crippen LogP contribution in [0.15, 0.2) is 158 Å². The number of ether oxygens (including phenoxy) is 1. The number of aromatic nitrogens is 5. The van der Waals surface area contributed by atoms with Gasteiger partial charge in [0.1, 0.15) is 10.5 Å². The number of carboxylic acids is 2. The number of nitrogens with one attached hydrogen (secondary N) is 7. The van der Waals surface area contributed by atoms with Crippen molar-refractivity contribution >= 4 is 308 Å². The van der Waals surface area contributed by atoms with Crippen LogP contribution in [0, 0.1) is 40.5 Å². The van der Waals surface area contributed by atoms with E-state index in [4.69, 9.17) is 173 Å². The summed E-state index contributed by atoms with van der Waals surface area (Å²) in [7, 11) is 9.87. The molecule has 2 radical (unpaired) electrons. The van der Waals surface area contributed by atoms with Gasteiger partial charge in [-0.1, -0.05) is 126 Å². The van der Waals surface area contributed by atoms with E-state index >= 15 is 0 Å². The standard InChI is InChI=1S/C14H9Cl2N3O3.C14H10Cl2N2O.C12H6Cl2N2O2.C12H7Cl2N.C12H11N3.C4H6O3.2C2H4O2.2CH4.2ClH.2HNO3.Sn/c1-6(20)17-13-9(16)5-11(19(21)22)14-12(13)8-4-7(15)2-3-10(8)18-14;1-7(19)17-14-10(16)3-5-12-13(14)9-6-8(15)2-4-11(9)18-12;13-6-1-3-9-7(5-6)11-10(15-9)4-2-8(14)12(11)16(17)18;13-7-1-3-11-9(5-7)10-6-8(14)2-4-12(10)15-11;13-8-5-6-9(14)12-11(8)7-3-1-2-4-10(7)15-12;1-3(5)7-4(2)6;2*1-2(3)4;;;;;2*2-1(3)4;/h2-5,18H,1H3,(H,17,20);2-6,18H,1H3,(H,17,19);1-5,15H;1-6,15H;1-6,15H,13-14H2;1-2H3;2*1H3,(H,3,4);2*1H4;2*1H;2*(H,2,3,4);/q;;;;;;;;;;;;;;+2/p-2. The molecule has 616 valence electrons. The molecule has 117 heavy (non-hydrogen) atoms. The van der Waals surface area contributed by atoms with E-state index < -0.39 is 62.8 Å². The van der Waals surface area contributed by atoms with E-state index in [1.54, 1.807) is 48.5 Å². The first-order chi connectivity index (χ1) is 54.0. The Balaban J connectivity index is 0.000000351. The molecule has 0 aliphatic carbocycles. The van der Waals surface area contributed by atoms with Gasteiger partial charge < -0.3 is 72.4 Å². The number of carbonyl (C=O) groups excluding carboxylic acids is 4. The van der Waals surface area contributed by atoms with Gasteiger partial charge in [0.25, 0.3) is 33.5 Å². The number of fused-ring (bicyclic) bond motifs is 15. The number of benzene rings is 10. The molecule has 0 fully saturated rings. The fraction of sp³-hybridized carbons (Fsp3) is 0.108. The molecular weight excluding hydrogens is 1850 g/mol. The number of non-ortho nitro benzene ring substituents is 1. The predicted molar refractivity (Wildman–Crippen MR) is 467 cm³/mol. The normalized spacial score (nSPS) is 9.95. The van der Waals surface area contributed by atoms with Gasteiger partial charge in [0.05, 0.1) is 53.4 Å². The summed E-state index contributed by atoms with van der Waals surface area (Å²) in [4.78, 5) is 114. The summed E-state index contributed by atoms with van der Waals surface area (Å²) in [6.45, 7) is 7.32. The van der Waals surface area contributed by atoms with E-state index in [-0.39, 0.29) is 53.6 Å². The van der Waals surface area contributed by atoms with Gasteiger partial charge in [0.2, 0.25) is 11.8 Å². The van der Waals surface area contributed by atoms with E-state index in [0.29, 0.717) is 64.0 Å². The fourth-order valence-corrected chi connectivity index (χ4v) is 12.4. The molecule has 15 N–H and O–H groups in total. The number of hydrogen-bond donors (Lipinski definition) is 13. The summed E-state index contributed by atoms with van der Waals surface area (Å²) in [6, 6.07) is 47.3. The zero-order chi connectivity index (χ0) is 86.2. The van der Waals surface area contributed by atoms with Crippen LogP contribution < -0.4 is 22.1 Å². The summed E-state index contributed by atoms with van der Waals surface area (Å²) >= 11 is 47.3. The SMILES string of the molecule is C.C.CC(=O)Nc1c(Cl)cc([N+](=O)[O-])c2[nH]c3ccc(Cl)cc3c12.CC(=O)Nc1c(Cl)ccc2[nH]c3ccc(Cl)cc3c12.CC(=O)O.CC(=O)O.CC(=O)OC(C)=O.Clc1ccc2[nH]c3ccc(Cl)cc3c2c1.Nc1ccc(N)c2c1[nH]c1ccccc12.O=[N+]([O-])O.O=[N+]([O-])O.O=[N+]([O-])c1c(Cl)ccc2[nH]c3ccc(Cl)cc3c12.[Cl][Sn][Cl]. The van der Waals surface area contributed by atoms with E-state index in [0.717, 1.165) is 106 Å². The Bertz CT molecular complexity index is 6070. The van der Waals surface area contributed by atoms with Crippen molar-refractivity contribution in [2.45, 2.75) is 56.4 Å². The molecule has 10 aromatic carbocycles. The van der Waals surface area contributed by atoms with Crippen LogP contribution in [-0.2, 0) is 33.5 Å². The Morgan fingerprint density at radius 1 is 0.393 bits per heavy atom. The minimum absolute atomic E-state index is 0. The van der Waals surface area contributed by atoms with E-state index in [1.807, 2.05) is 97.1 Å². The molecule has 0 spiro atoms. The molecule has 32 nitrogen and oxygen atoms in total. The molecule has 2 amide bonds. The number of amides is 2. The third-order valence-corrected chi connectivity index (χ3v) is 16.7. The number of nitrogens with two attached hydrogens (primary N) is 2.